The Hall–Kier alpha value is -1.38. The third-order valence-corrected chi connectivity index (χ3v) is 0.789. The zero-order chi connectivity index (χ0) is 7.82. The van der Waals surface area contributed by atoms with Crippen molar-refractivity contribution in [2.75, 3.05) is 12.4 Å². The van der Waals surface area contributed by atoms with E-state index in [1.807, 2.05) is 0 Å². The summed E-state index contributed by atoms with van der Waals surface area (Å²) in [6, 6.07) is 1.78. The molecule has 0 amide bonds. The highest BCUT2D eigenvalue weighted by atomic mass is 15.1. The van der Waals surface area contributed by atoms with Gasteiger partial charge in [-0.15, -0.1) is 13.2 Å². The number of nitrogens with one attached hydrogen (secondary N) is 1. The van der Waals surface area contributed by atoms with Crippen molar-refractivity contribution in [3.63, 3.8) is 0 Å². The van der Waals surface area contributed by atoms with Crippen LogP contribution in [0.4, 0.5) is 5.95 Å². The number of aromatic nitrogens is 2. The molecule has 0 aliphatic carbocycles. The van der Waals surface area contributed by atoms with E-state index in [1.54, 1.807) is 25.5 Å². The number of hydrogen-bond acceptors (Lipinski definition) is 3. The van der Waals surface area contributed by atoms with E-state index in [-0.39, 0.29) is 0 Å². The predicted octanol–water partition coefficient (Wildman–Crippen LogP) is 1.32. The van der Waals surface area contributed by atoms with E-state index in [9.17, 15) is 0 Å². The number of rotatable bonds is 1. The molecular weight excluding hydrogens is 126 g/mol. The van der Waals surface area contributed by atoms with Crippen LogP contribution in [0.1, 0.15) is 0 Å². The second kappa shape index (κ2) is 5.75. The molecule has 0 aliphatic rings. The van der Waals surface area contributed by atoms with Crippen molar-refractivity contribution in [2.24, 2.45) is 0 Å². The monoisotopic (exact) mass is 137 g/mol. The molecular formula is C7H11N3. The van der Waals surface area contributed by atoms with Gasteiger partial charge in [-0.3, -0.25) is 0 Å². The van der Waals surface area contributed by atoms with Gasteiger partial charge in [-0.1, -0.05) is 0 Å². The van der Waals surface area contributed by atoms with Gasteiger partial charge in [0.1, 0.15) is 0 Å². The van der Waals surface area contributed by atoms with Crippen molar-refractivity contribution < 1.29 is 0 Å². The molecule has 1 N–H and O–H groups in total. The van der Waals surface area contributed by atoms with Gasteiger partial charge in [0, 0.05) is 19.4 Å². The first-order chi connectivity index (χ1) is 4.93. The van der Waals surface area contributed by atoms with Crippen molar-refractivity contribution in [2.45, 2.75) is 0 Å². The molecule has 3 nitrogen and oxygen atoms in total. The minimum atomic E-state index is 0.660. The van der Waals surface area contributed by atoms with Crippen LogP contribution in [0.3, 0.4) is 0 Å². The predicted molar refractivity (Wildman–Crippen MR) is 42.8 cm³/mol. The van der Waals surface area contributed by atoms with Gasteiger partial charge in [0.05, 0.1) is 0 Å². The molecule has 1 aromatic heterocycles. The molecule has 0 fully saturated rings. The van der Waals surface area contributed by atoms with E-state index in [1.165, 1.54) is 0 Å². The average Bonchev–Trinajstić information content (AvgIpc) is 2.10. The largest absolute Gasteiger partial charge is 0.357 e. The summed E-state index contributed by atoms with van der Waals surface area (Å²) >= 11 is 0. The van der Waals surface area contributed by atoms with Gasteiger partial charge in [0.25, 0.3) is 0 Å². The lowest BCUT2D eigenvalue weighted by atomic mass is 10.7. The Morgan fingerprint density at radius 1 is 1.30 bits per heavy atom. The summed E-state index contributed by atoms with van der Waals surface area (Å²) in [4.78, 5) is 7.75. The van der Waals surface area contributed by atoms with Crippen LogP contribution in [0, 0.1) is 0 Å². The lowest BCUT2D eigenvalue weighted by molar-refractivity contribution is 1.15. The fourth-order valence-corrected chi connectivity index (χ4v) is 0.428. The number of nitrogens with zero attached hydrogens (tertiary/aromatic N) is 2. The van der Waals surface area contributed by atoms with E-state index in [0.717, 1.165) is 0 Å². The highest BCUT2D eigenvalue weighted by Crippen LogP contribution is 1.88. The highest BCUT2D eigenvalue weighted by molar-refractivity contribution is 5.19. The Bertz CT molecular complexity index is 162. The molecule has 54 valence electrons. The number of anilines is 1. The topological polar surface area (TPSA) is 37.8 Å². The summed E-state index contributed by atoms with van der Waals surface area (Å²) in [5.74, 6) is 0.660. The van der Waals surface area contributed by atoms with Crippen LogP contribution in [0.15, 0.2) is 31.6 Å². The lowest BCUT2D eigenvalue weighted by Crippen LogP contribution is -1.92. The highest BCUT2D eigenvalue weighted by Gasteiger charge is 1.81. The molecule has 10 heavy (non-hydrogen) atoms. The van der Waals surface area contributed by atoms with Crippen molar-refractivity contribution in [3.8, 4) is 0 Å². The zero-order valence-electron chi connectivity index (χ0n) is 6.04. The Morgan fingerprint density at radius 2 is 1.80 bits per heavy atom. The quantitative estimate of drug-likeness (QED) is 0.593. The summed E-state index contributed by atoms with van der Waals surface area (Å²) < 4.78 is 0. The molecule has 0 bridgehead atoms. The molecule has 1 rings (SSSR count). The third kappa shape index (κ3) is 2.81. The molecule has 3 heteroatoms. The third-order valence-electron chi connectivity index (χ3n) is 0.789. The first-order valence-corrected chi connectivity index (χ1v) is 2.88. The molecule has 1 aromatic rings. The molecule has 0 saturated heterocycles. The second-order valence-electron chi connectivity index (χ2n) is 1.32. The summed E-state index contributed by atoms with van der Waals surface area (Å²) in [6.45, 7) is 6.00. The summed E-state index contributed by atoms with van der Waals surface area (Å²) in [6.07, 6.45) is 3.39. The Morgan fingerprint density at radius 3 is 2.10 bits per heavy atom. The van der Waals surface area contributed by atoms with Crippen LogP contribution < -0.4 is 5.32 Å². The lowest BCUT2D eigenvalue weighted by Gasteiger charge is -1.91. The van der Waals surface area contributed by atoms with Crippen LogP contribution in [0.5, 0.6) is 0 Å². The van der Waals surface area contributed by atoms with Crippen molar-refractivity contribution in [1.29, 1.82) is 0 Å². The molecule has 0 spiro atoms. The van der Waals surface area contributed by atoms with Crippen LogP contribution in [0.25, 0.3) is 0 Å². The van der Waals surface area contributed by atoms with Crippen molar-refractivity contribution in [1.82, 2.24) is 9.97 Å². The first kappa shape index (κ1) is 8.62. The van der Waals surface area contributed by atoms with Crippen molar-refractivity contribution in [3.05, 3.63) is 31.6 Å². The molecule has 0 unspecified atom stereocenters. The van der Waals surface area contributed by atoms with Crippen LogP contribution in [-0.2, 0) is 0 Å². The molecule has 0 atom stereocenters. The fourth-order valence-electron chi connectivity index (χ4n) is 0.428. The minimum absolute atomic E-state index is 0.660. The summed E-state index contributed by atoms with van der Waals surface area (Å²) in [5.41, 5.74) is 0. The summed E-state index contributed by atoms with van der Waals surface area (Å²) in [5, 5.41) is 2.80. The van der Waals surface area contributed by atoms with Gasteiger partial charge in [0.15, 0.2) is 0 Å². The van der Waals surface area contributed by atoms with E-state index >= 15 is 0 Å². The van der Waals surface area contributed by atoms with E-state index < -0.39 is 0 Å². The number of hydrogen-bond donors (Lipinski definition) is 1. The Balaban J connectivity index is 0.000000371. The maximum atomic E-state index is 3.88. The normalized spacial score (nSPS) is 7.30. The van der Waals surface area contributed by atoms with Crippen LogP contribution in [0.2, 0.25) is 0 Å². The van der Waals surface area contributed by atoms with Gasteiger partial charge in [-0.2, -0.15) is 0 Å². The summed E-state index contributed by atoms with van der Waals surface area (Å²) in [7, 11) is 1.79. The molecule has 0 aliphatic heterocycles. The Labute approximate surface area is 60.8 Å². The molecule has 0 aromatic carbocycles. The maximum Gasteiger partial charge on any atom is 0.222 e. The van der Waals surface area contributed by atoms with Gasteiger partial charge < -0.3 is 5.32 Å². The van der Waals surface area contributed by atoms with Gasteiger partial charge in [0.2, 0.25) is 5.95 Å². The minimum Gasteiger partial charge on any atom is -0.357 e. The Kier molecular flexibility index (Phi) is 4.96. The van der Waals surface area contributed by atoms with Crippen molar-refractivity contribution >= 4 is 5.95 Å². The van der Waals surface area contributed by atoms with Crippen LogP contribution in [-0.4, -0.2) is 17.0 Å². The standard InChI is InChI=1S/C5H7N3.C2H4/c1-6-5-7-3-2-4-8-5;1-2/h2-4H,1H3,(H,6,7,8);1-2H2. The first-order valence-electron chi connectivity index (χ1n) is 2.88. The zero-order valence-corrected chi connectivity index (χ0v) is 6.04. The van der Waals surface area contributed by atoms with Gasteiger partial charge in [-0.25, -0.2) is 9.97 Å². The van der Waals surface area contributed by atoms with E-state index in [0.29, 0.717) is 5.95 Å². The smallest absolute Gasteiger partial charge is 0.222 e. The average molecular weight is 137 g/mol. The van der Waals surface area contributed by atoms with Gasteiger partial charge in [-0.05, 0) is 6.07 Å². The molecule has 0 radical (unpaired) electrons. The fraction of sp³-hybridized carbons (Fsp3) is 0.143. The van der Waals surface area contributed by atoms with Gasteiger partial charge >= 0.3 is 0 Å². The molecule has 0 saturated carbocycles. The van der Waals surface area contributed by atoms with Crippen LogP contribution >= 0.6 is 0 Å². The van der Waals surface area contributed by atoms with E-state index in [2.05, 4.69) is 28.4 Å². The maximum absolute atomic E-state index is 3.88. The SMILES string of the molecule is C=C.CNc1ncccn1. The second-order valence-corrected chi connectivity index (χ2v) is 1.32. The molecule has 1 heterocycles. The van der Waals surface area contributed by atoms with E-state index in [4.69, 9.17) is 0 Å².